The van der Waals surface area contributed by atoms with Gasteiger partial charge in [0.15, 0.2) is 5.75 Å². The van der Waals surface area contributed by atoms with Gasteiger partial charge in [0.1, 0.15) is 10.6 Å². The Labute approximate surface area is 114 Å². The number of ether oxygens (including phenoxy) is 1. The third-order valence-corrected chi connectivity index (χ3v) is 4.28. The van der Waals surface area contributed by atoms with Gasteiger partial charge in [-0.15, -0.1) is 0 Å². The molecule has 0 saturated carbocycles. The molecule has 0 aromatic heterocycles. The van der Waals surface area contributed by atoms with E-state index in [-0.39, 0.29) is 20.0 Å². The van der Waals surface area contributed by atoms with E-state index < -0.39 is 10.1 Å². The van der Waals surface area contributed by atoms with Gasteiger partial charge < -0.3 is 9.84 Å². The fourth-order valence-electron chi connectivity index (χ4n) is 0.951. The predicted octanol–water partition coefficient (Wildman–Crippen LogP) is 1.86. The van der Waals surface area contributed by atoms with Crippen molar-refractivity contribution in [1.82, 2.24) is 0 Å². The minimum absolute atomic E-state index is 0.0592. The zero-order chi connectivity index (χ0) is 11.8. The number of phenols is 1. The molecule has 15 heavy (non-hydrogen) atoms. The molecule has 0 spiro atoms. The van der Waals surface area contributed by atoms with E-state index in [4.69, 9.17) is 9.29 Å². The van der Waals surface area contributed by atoms with E-state index in [2.05, 4.69) is 0 Å². The molecule has 1 aromatic rings. The Morgan fingerprint density at radius 1 is 1.40 bits per heavy atom. The Bertz CT molecular complexity index is 497. The molecule has 5 nitrogen and oxygen atoms in total. The van der Waals surface area contributed by atoms with Gasteiger partial charge in [0.25, 0.3) is 10.1 Å². The van der Waals surface area contributed by atoms with Crippen LogP contribution in [0.15, 0.2) is 11.0 Å². The fourth-order valence-corrected chi connectivity index (χ4v) is 3.93. The zero-order valence-electron chi connectivity index (χ0n) is 7.36. The van der Waals surface area contributed by atoms with Crippen molar-refractivity contribution in [1.29, 1.82) is 0 Å². The van der Waals surface area contributed by atoms with Crippen LogP contribution in [0, 0.1) is 7.14 Å². The molecule has 8 heteroatoms. The number of hydrogen-bond donors (Lipinski definition) is 2. The van der Waals surface area contributed by atoms with Crippen LogP contribution >= 0.6 is 45.2 Å². The van der Waals surface area contributed by atoms with Crippen molar-refractivity contribution in [2.24, 2.45) is 0 Å². The lowest BCUT2D eigenvalue weighted by molar-refractivity contribution is 0.386. The lowest BCUT2D eigenvalue weighted by Crippen LogP contribution is -2.04. The normalized spacial score (nSPS) is 11.5. The van der Waals surface area contributed by atoms with Gasteiger partial charge in [0.2, 0.25) is 0 Å². The van der Waals surface area contributed by atoms with Gasteiger partial charge in [0, 0.05) is 0 Å². The van der Waals surface area contributed by atoms with E-state index in [1.807, 2.05) is 0 Å². The lowest BCUT2D eigenvalue weighted by atomic mass is 10.3. The highest BCUT2D eigenvalue weighted by Crippen LogP contribution is 2.38. The molecule has 0 atom stereocenters. The second-order valence-corrected chi connectivity index (χ2v) is 6.16. The van der Waals surface area contributed by atoms with Gasteiger partial charge in [-0.1, -0.05) is 0 Å². The van der Waals surface area contributed by atoms with Crippen LogP contribution in [0.2, 0.25) is 0 Å². The zero-order valence-corrected chi connectivity index (χ0v) is 12.5. The summed E-state index contributed by atoms with van der Waals surface area (Å²) in [6, 6.07) is 1.15. The first-order valence-electron chi connectivity index (χ1n) is 3.51. The van der Waals surface area contributed by atoms with E-state index in [0.717, 1.165) is 6.07 Å². The Kier molecular flexibility index (Phi) is 4.06. The van der Waals surface area contributed by atoms with E-state index in [1.54, 1.807) is 45.2 Å². The molecule has 84 valence electrons. The molecule has 0 fully saturated rings. The molecule has 1 rings (SSSR count). The van der Waals surface area contributed by atoms with Crippen molar-refractivity contribution in [3.63, 3.8) is 0 Å². The van der Waals surface area contributed by atoms with Crippen LogP contribution in [0.4, 0.5) is 0 Å². The predicted molar refractivity (Wildman–Crippen MR) is 69.9 cm³/mol. The average Bonchev–Trinajstić information content (AvgIpc) is 2.12. The number of benzene rings is 1. The minimum atomic E-state index is -4.35. The maximum atomic E-state index is 11.0. The van der Waals surface area contributed by atoms with Gasteiger partial charge in [-0.3, -0.25) is 4.55 Å². The highest BCUT2D eigenvalue weighted by atomic mass is 127. The van der Waals surface area contributed by atoms with Gasteiger partial charge in [-0.05, 0) is 51.2 Å². The molecule has 0 aliphatic carbocycles. The Balaban J connectivity index is 3.68. The quantitative estimate of drug-likeness (QED) is 0.525. The summed E-state index contributed by atoms with van der Waals surface area (Å²) in [5, 5.41) is 9.54. The number of rotatable bonds is 2. The van der Waals surface area contributed by atoms with E-state index in [9.17, 15) is 13.5 Å². The maximum absolute atomic E-state index is 11.0. The SMILES string of the molecule is COc1c(S(=O)(=O)O)cc(I)c(O)c1I. The van der Waals surface area contributed by atoms with Crippen molar-refractivity contribution in [2.75, 3.05) is 7.11 Å². The van der Waals surface area contributed by atoms with Crippen LogP contribution in [0.3, 0.4) is 0 Å². The summed E-state index contributed by atoms with van der Waals surface area (Å²) in [6.45, 7) is 0. The number of aromatic hydroxyl groups is 1. The Morgan fingerprint density at radius 3 is 2.33 bits per heavy atom. The molecule has 0 unspecified atom stereocenters. The highest BCUT2D eigenvalue weighted by Gasteiger charge is 2.23. The summed E-state index contributed by atoms with van der Waals surface area (Å²) < 4.78 is 36.4. The summed E-state index contributed by atoms with van der Waals surface area (Å²) in [5.74, 6) is -0.128. The Hall–Kier alpha value is 0.190. The molecule has 1 aromatic carbocycles. The second kappa shape index (κ2) is 4.59. The summed E-state index contributed by atoms with van der Waals surface area (Å²) in [7, 11) is -3.09. The van der Waals surface area contributed by atoms with Crippen LogP contribution in [0.1, 0.15) is 0 Å². The van der Waals surface area contributed by atoms with Crippen molar-refractivity contribution < 1.29 is 22.8 Å². The van der Waals surface area contributed by atoms with Crippen LogP contribution in [-0.2, 0) is 10.1 Å². The summed E-state index contributed by atoms with van der Waals surface area (Å²) >= 11 is 3.50. The van der Waals surface area contributed by atoms with Crippen LogP contribution in [-0.4, -0.2) is 25.2 Å². The highest BCUT2D eigenvalue weighted by molar-refractivity contribution is 14.1. The third kappa shape index (κ3) is 2.65. The molecular formula is C7H6I2O5S. The maximum Gasteiger partial charge on any atom is 0.298 e. The fraction of sp³-hybridized carbons (Fsp3) is 0.143. The van der Waals surface area contributed by atoms with Crippen LogP contribution < -0.4 is 4.74 Å². The van der Waals surface area contributed by atoms with Crippen molar-refractivity contribution >= 4 is 55.3 Å². The van der Waals surface area contributed by atoms with E-state index in [0.29, 0.717) is 3.57 Å². The lowest BCUT2D eigenvalue weighted by Gasteiger charge is -2.10. The number of hydrogen-bond acceptors (Lipinski definition) is 4. The van der Waals surface area contributed by atoms with E-state index >= 15 is 0 Å². The van der Waals surface area contributed by atoms with E-state index in [1.165, 1.54) is 7.11 Å². The molecule has 0 aliphatic heterocycles. The van der Waals surface area contributed by atoms with Gasteiger partial charge in [-0.2, -0.15) is 8.42 Å². The number of phenolic OH excluding ortho intramolecular Hbond substituents is 1. The molecule has 0 bridgehead atoms. The van der Waals surface area contributed by atoms with Crippen LogP contribution in [0.5, 0.6) is 11.5 Å². The topological polar surface area (TPSA) is 83.8 Å². The summed E-state index contributed by atoms with van der Waals surface area (Å²) in [5.41, 5.74) is 0. The molecular weight excluding hydrogens is 450 g/mol. The summed E-state index contributed by atoms with van der Waals surface area (Å²) in [4.78, 5) is -0.350. The first kappa shape index (κ1) is 13.3. The minimum Gasteiger partial charge on any atom is -0.506 e. The van der Waals surface area contributed by atoms with Gasteiger partial charge >= 0.3 is 0 Å². The third-order valence-electron chi connectivity index (χ3n) is 1.60. The van der Waals surface area contributed by atoms with Crippen molar-refractivity contribution in [3.8, 4) is 11.5 Å². The number of halogens is 2. The molecule has 0 radical (unpaired) electrons. The number of methoxy groups -OCH3 is 1. The monoisotopic (exact) mass is 456 g/mol. The standard InChI is InChI=1S/C7H6I2O5S/c1-14-7-4(15(11,12)13)2-3(8)6(10)5(7)9/h2,10H,1H3,(H,11,12,13). The van der Waals surface area contributed by atoms with Crippen molar-refractivity contribution in [2.45, 2.75) is 4.90 Å². The first-order chi connectivity index (χ1) is 6.79. The summed E-state index contributed by atoms with van der Waals surface area (Å²) in [6.07, 6.45) is 0. The second-order valence-electron chi connectivity index (χ2n) is 2.53. The molecule has 2 N–H and O–H groups in total. The van der Waals surface area contributed by atoms with Gasteiger partial charge in [0.05, 0.1) is 14.3 Å². The Morgan fingerprint density at radius 2 is 1.93 bits per heavy atom. The molecule has 0 aliphatic rings. The smallest absolute Gasteiger partial charge is 0.298 e. The molecule has 0 amide bonds. The largest absolute Gasteiger partial charge is 0.506 e. The molecule has 0 saturated heterocycles. The van der Waals surface area contributed by atoms with Crippen molar-refractivity contribution in [3.05, 3.63) is 13.2 Å². The van der Waals surface area contributed by atoms with Gasteiger partial charge in [-0.25, -0.2) is 0 Å². The first-order valence-corrected chi connectivity index (χ1v) is 7.11. The average molecular weight is 456 g/mol. The van der Waals surface area contributed by atoms with Crippen LogP contribution in [0.25, 0.3) is 0 Å². The molecule has 0 heterocycles.